The van der Waals surface area contributed by atoms with E-state index < -0.39 is 5.97 Å². The molecule has 2 aromatic rings. The number of halogens is 2. The summed E-state index contributed by atoms with van der Waals surface area (Å²) in [5.74, 6) is -1.51. The molecular formula is C13H9Cl2NO3. The molecule has 0 aliphatic rings. The lowest BCUT2D eigenvalue weighted by Crippen LogP contribution is -2.11. The molecule has 98 valence electrons. The van der Waals surface area contributed by atoms with Crippen molar-refractivity contribution >= 4 is 51.5 Å². The van der Waals surface area contributed by atoms with E-state index in [0.717, 1.165) is 0 Å². The van der Waals surface area contributed by atoms with Crippen molar-refractivity contribution < 1.29 is 14.7 Å². The van der Waals surface area contributed by atoms with Gasteiger partial charge in [0.2, 0.25) is 5.91 Å². The average Bonchev–Trinajstić information content (AvgIpc) is 2.28. The number of benzene rings is 2. The Bertz CT molecular complexity index is 698. The van der Waals surface area contributed by atoms with Gasteiger partial charge < -0.3 is 10.4 Å². The monoisotopic (exact) mass is 297 g/mol. The molecule has 2 rings (SSSR count). The summed E-state index contributed by atoms with van der Waals surface area (Å²) in [7, 11) is 0. The van der Waals surface area contributed by atoms with Crippen LogP contribution in [0.15, 0.2) is 24.3 Å². The smallest absolute Gasteiger partial charge is 0.337 e. The summed E-state index contributed by atoms with van der Waals surface area (Å²) in [6, 6.07) is 6.11. The van der Waals surface area contributed by atoms with Gasteiger partial charge in [0, 0.05) is 27.7 Å². The first-order valence-electron chi connectivity index (χ1n) is 5.33. The first-order chi connectivity index (χ1) is 8.90. The summed E-state index contributed by atoms with van der Waals surface area (Å²) in [6.45, 7) is 1.30. The van der Waals surface area contributed by atoms with Crippen LogP contribution in [0.5, 0.6) is 0 Å². The van der Waals surface area contributed by atoms with E-state index in [1.165, 1.54) is 13.0 Å². The van der Waals surface area contributed by atoms with Crippen molar-refractivity contribution in [1.29, 1.82) is 0 Å². The van der Waals surface area contributed by atoms with Crippen LogP contribution >= 0.6 is 23.2 Å². The Morgan fingerprint density at radius 2 is 1.84 bits per heavy atom. The van der Waals surface area contributed by atoms with Crippen molar-refractivity contribution in [2.45, 2.75) is 6.92 Å². The van der Waals surface area contributed by atoms with E-state index in [-0.39, 0.29) is 17.2 Å². The van der Waals surface area contributed by atoms with Gasteiger partial charge in [0.05, 0.1) is 11.3 Å². The van der Waals surface area contributed by atoms with Gasteiger partial charge in [-0.15, -0.1) is 0 Å². The molecule has 0 bridgehead atoms. The lowest BCUT2D eigenvalue weighted by atomic mass is 10.0. The topological polar surface area (TPSA) is 66.4 Å². The summed E-state index contributed by atoms with van der Waals surface area (Å²) >= 11 is 12.0. The standard InChI is InChI=1S/C13H9Cl2NO3/c1-6(17)16-12-9(13(18)19)3-2-8-10(12)4-7(14)5-11(8)15/h2-5H,1H3,(H,16,17)(H,18,19). The van der Waals surface area contributed by atoms with Crippen molar-refractivity contribution in [2.75, 3.05) is 5.32 Å². The van der Waals surface area contributed by atoms with Crippen LogP contribution in [0.2, 0.25) is 10.0 Å². The van der Waals surface area contributed by atoms with Crippen LogP contribution in [0.1, 0.15) is 17.3 Å². The maximum Gasteiger partial charge on any atom is 0.337 e. The van der Waals surface area contributed by atoms with Crippen molar-refractivity contribution in [3.05, 3.63) is 39.9 Å². The minimum absolute atomic E-state index is 0.0129. The van der Waals surface area contributed by atoms with Crippen LogP contribution in [0.4, 0.5) is 5.69 Å². The number of carbonyl (C=O) groups is 2. The van der Waals surface area contributed by atoms with Gasteiger partial charge in [0.1, 0.15) is 0 Å². The lowest BCUT2D eigenvalue weighted by molar-refractivity contribution is -0.114. The molecule has 0 aromatic heterocycles. The van der Waals surface area contributed by atoms with Gasteiger partial charge >= 0.3 is 5.97 Å². The van der Waals surface area contributed by atoms with E-state index in [1.807, 2.05) is 0 Å². The van der Waals surface area contributed by atoms with Gasteiger partial charge in [-0.2, -0.15) is 0 Å². The molecular weight excluding hydrogens is 289 g/mol. The third-order valence-corrected chi connectivity index (χ3v) is 3.11. The number of rotatable bonds is 2. The highest BCUT2D eigenvalue weighted by Gasteiger charge is 2.16. The molecule has 0 saturated heterocycles. The second-order valence-corrected chi connectivity index (χ2v) is 4.80. The normalized spacial score (nSPS) is 10.5. The molecule has 2 N–H and O–H groups in total. The molecule has 0 radical (unpaired) electrons. The van der Waals surface area contributed by atoms with Crippen LogP contribution in [-0.2, 0) is 4.79 Å². The summed E-state index contributed by atoms with van der Waals surface area (Å²) in [5, 5.41) is 13.6. The SMILES string of the molecule is CC(=O)Nc1c(C(=O)O)ccc2c(Cl)cc(Cl)cc12. The Labute approximate surface area is 118 Å². The van der Waals surface area contributed by atoms with Crippen LogP contribution in [-0.4, -0.2) is 17.0 Å². The van der Waals surface area contributed by atoms with E-state index >= 15 is 0 Å². The number of carboxylic acid groups (broad SMARTS) is 1. The Balaban J connectivity index is 2.85. The Morgan fingerprint density at radius 3 is 2.42 bits per heavy atom. The van der Waals surface area contributed by atoms with E-state index in [2.05, 4.69) is 5.32 Å². The molecule has 0 saturated carbocycles. The third kappa shape index (κ3) is 2.64. The van der Waals surface area contributed by atoms with Gasteiger partial charge in [-0.3, -0.25) is 4.79 Å². The molecule has 0 heterocycles. The van der Waals surface area contributed by atoms with Crippen molar-refractivity contribution in [3.63, 3.8) is 0 Å². The second kappa shape index (κ2) is 5.07. The Kier molecular flexibility index (Phi) is 3.64. The number of amides is 1. The fourth-order valence-electron chi connectivity index (χ4n) is 1.85. The van der Waals surface area contributed by atoms with Crippen molar-refractivity contribution in [3.8, 4) is 0 Å². The van der Waals surface area contributed by atoms with Crippen LogP contribution < -0.4 is 5.32 Å². The molecule has 0 fully saturated rings. The number of fused-ring (bicyclic) bond motifs is 1. The zero-order chi connectivity index (χ0) is 14.2. The quantitative estimate of drug-likeness (QED) is 0.886. The Morgan fingerprint density at radius 1 is 1.16 bits per heavy atom. The number of carbonyl (C=O) groups excluding carboxylic acids is 1. The number of aromatic carboxylic acids is 1. The number of carboxylic acids is 1. The van der Waals surface area contributed by atoms with Gasteiger partial charge in [-0.05, 0) is 18.2 Å². The molecule has 0 unspecified atom stereocenters. The minimum Gasteiger partial charge on any atom is -0.478 e. The molecule has 0 aliphatic heterocycles. The maximum absolute atomic E-state index is 11.2. The molecule has 0 spiro atoms. The van der Waals surface area contributed by atoms with Gasteiger partial charge in [0.25, 0.3) is 0 Å². The highest BCUT2D eigenvalue weighted by molar-refractivity contribution is 6.39. The molecule has 2 aromatic carbocycles. The van der Waals surface area contributed by atoms with Crippen molar-refractivity contribution in [1.82, 2.24) is 0 Å². The summed E-state index contributed by atoms with van der Waals surface area (Å²) in [4.78, 5) is 22.4. The van der Waals surface area contributed by atoms with Crippen LogP contribution in [0.3, 0.4) is 0 Å². The van der Waals surface area contributed by atoms with Gasteiger partial charge in [-0.1, -0.05) is 29.3 Å². The molecule has 1 amide bonds. The van der Waals surface area contributed by atoms with Crippen molar-refractivity contribution in [2.24, 2.45) is 0 Å². The van der Waals surface area contributed by atoms with E-state index in [1.54, 1.807) is 18.2 Å². The summed E-state index contributed by atoms with van der Waals surface area (Å²) < 4.78 is 0. The molecule has 6 heteroatoms. The summed E-state index contributed by atoms with van der Waals surface area (Å²) in [5.41, 5.74) is 0.183. The maximum atomic E-state index is 11.2. The van der Waals surface area contributed by atoms with E-state index in [4.69, 9.17) is 28.3 Å². The zero-order valence-electron chi connectivity index (χ0n) is 9.83. The first-order valence-corrected chi connectivity index (χ1v) is 6.08. The highest BCUT2D eigenvalue weighted by atomic mass is 35.5. The number of anilines is 1. The number of nitrogens with one attached hydrogen (secondary N) is 1. The van der Waals surface area contributed by atoms with Gasteiger partial charge in [-0.25, -0.2) is 4.79 Å². The van der Waals surface area contributed by atoms with E-state index in [0.29, 0.717) is 20.8 Å². The minimum atomic E-state index is -1.14. The molecule has 0 atom stereocenters. The van der Waals surface area contributed by atoms with Crippen LogP contribution in [0, 0.1) is 0 Å². The molecule has 19 heavy (non-hydrogen) atoms. The second-order valence-electron chi connectivity index (χ2n) is 3.96. The fourth-order valence-corrected chi connectivity index (χ4v) is 2.40. The predicted octanol–water partition coefficient (Wildman–Crippen LogP) is 3.80. The fraction of sp³-hybridized carbons (Fsp3) is 0.0769. The van der Waals surface area contributed by atoms with Crippen LogP contribution in [0.25, 0.3) is 10.8 Å². The van der Waals surface area contributed by atoms with E-state index in [9.17, 15) is 9.59 Å². The summed E-state index contributed by atoms with van der Waals surface area (Å²) in [6.07, 6.45) is 0. The van der Waals surface area contributed by atoms with Gasteiger partial charge in [0.15, 0.2) is 0 Å². The number of hydrogen-bond acceptors (Lipinski definition) is 2. The highest BCUT2D eigenvalue weighted by Crippen LogP contribution is 2.34. The zero-order valence-corrected chi connectivity index (χ0v) is 11.3. The molecule has 0 aliphatic carbocycles. The average molecular weight is 298 g/mol. The lowest BCUT2D eigenvalue weighted by Gasteiger charge is -2.12. The molecule has 4 nitrogen and oxygen atoms in total. The predicted molar refractivity (Wildman–Crippen MR) is 75.2 cm³/mol. The largest absolute Gasteiger partial charge is 0.478 e. The Hall–Kier alpha value is -1.78. The third-order valence-electron chi connectivity index (χ3n) is 2.58. The first kappa shape index (κ1) is 13.6. The number of hydrogen-bond donors (Lipinski definition) is 2.